The summed E-state index contributed by atoms with van der Waals surface area (Å²) in [6, 6.07) is 10.8. The Balaban J connectivity index is 1.78. The molecule has 1 amide bonds. The van der Waals surface area contributed by atoms with E-state index in [0.29, 0.717) is 9.99 Å². The van der Waals surface area contributed by atoms with Crippen LogP contribution in [-0.2, 0) is 20.0 Å². The third kappa shape index (κ3) is 4.92. The lowest BCUT2D eigenvalue weighted by molar-refractivity contribution is 0.0993. The van der Waals surface area contributed by atoms with E-state index in [1.165, 1.54) is 12.1 Å². The number of nitrogens with one attached hydrogen (secondary N) is 3. The fourth-order valence-corrected chi connectivity index (χ4v) is 5.78. The predicted molar refractivity (Wildman–Crippen MR) is 119 cm³/mol. The summed E-state index contributed by atoms with van der Waals surface area (Å²) in [6.45, 7) is -0.438. The molecule has 1 heterocycles. The second-order valence-electron chi connectivity index (χ2n) is 6.13. The molecule has 30 heavy (non-hydrogen) atoms. The monoisotopic (exact) mass is 578 g/mol. The summed E-state index contributed by atoms with van der Waals surface area (Å²) in [7, 11) is -7.97. The molecule has 160 valence electrons. The van der Waals surface area contributed by atoms with Crippen molar-refractivity contribution in [3.63, 3.8) is 0 Å². The summed E-state index contributed by atoms with van der Waals surface area (Å²) < 4.78 is 56.2. The molecule has 1 aromatic heterocycles. The van der Waals surface area contributed by atoms with Gasteiger partial charge in [-0.2, -0.15) is 0 Å². The van der Waals surface area contributed by atoms with Crippen LogP contribution >= 0.6 is 31.9 Å². The Morgan fingerprint density at radius 3 is 2.07 bits per heavy atom. The summed E-state index contributed by atoms with van der Waals surface area (Å²) in [5.41, 5.74) is 5.49. The molecule has 0 saturated carbocycles. The topological polar surface area (TPSA) is 151 Å². The molecular formula is C17H16Br2N4O5S2. The van der Waals surface area contributed by atoms with Gasteiger partial charge in [-0.3, -0.25) is 4.79 Å². The van der Waals surface area contributed by atoms with Crippen LogP contribution in [0.2, 0.25) is 0 Å². The van der Waals surface area contributed by atoms with Crippen molar-refractivity contribution in [2.24, 2.45) is 5.73 Å². The second-order valence-corrected chi connectivity index (χ2v) is 11.4. The van der Waals surface area contributed by atoms with Gasteiger partial charge in [0.1, 0.15) is 10.6 Å². The summed E-state index contributed by atoms with van der Waals surface area (Å²) in [5, 5.41) is 0.279. The molecule has 0 radical (unpaired) electrons. The van der Waals surface area contributed by atoms with Crippen molar-refractivity contribution in [1.29, 1.82) is 0 Å². The molecule has 0 fully saturated rings. The highest BCUT2D eigenvalue weighted by Crippen LogP contribution is 2.29. The van der Waals surface area contributed by atoms with Crippen LogP contribution in [0.1, 0.15) is 10.5 Å². The van der Waals surface area contributed by atoms with Gasteiger partial charge in [0.05, 0.1) is 4.90 Å². The molecule has 3 rings (SSSR count). The van der Waals surface area contributed by atoms with E-state index in [9.17, 15) is 21.6 Å². The zero-order valence-electron chi connectivity index (χ0n) is 15.1. The van der Waals surface area contributed by atoms with E-state index in [4.69, 9.17) is 5.73 Å². The molecule has 0 unspecified atom stereocenters. The lowest BCUT2D eigenvalue weighted by Gasteiger charge is -2.09. The van der Waals surface area contributed by atoms with Crippen LogP contribution < -0.4 is 15.2 Å². The Morgan fingerprint density at radius 1 is 0.900 bits per heavy atom. The van der Waals surface area contributed by atoms with E-state index in [0.717, 1.165) is 4.47 Å². The van der Waals surface area contributed by atoms with E-state index < -0.39 is 26.0 Å². The van der Waals surface area contributed by atoms with Crippen LogP contribution in [0.3, 0.4) is 0 Å². The highest BCUT2D eigenvalue weighted by Gasteiger charge is 2.27. The summed E-state index contributed by atoms with van der Waals surface area (Å²) in [6.07, 6.45) is 0. The quantitative estimate of drug-likeness (QED) is 0.301. The molecular weight excluding hydrogens is 564 g/mol. The first-order valence-corrected chi connectivity index (χ1v) is 12.9. The maximum atomic E-state index is 12.8. The number of carbonyl (C=O) groups excluding carboxylic acids is 1. The van der Waals surface area contributed by atoms with Gasteiger partial charge in [-0.25, -0.2) is 26.3 Å². The molecule has 0 spiro atoms. The highest BCUT2D eigenvalue weighted by molar-refractivity contribution is 9.10. The van der Waals surface area contributed by atoms with Crippen LogP contribution in [0.4, 0.5) is 0 Å². The molecule has 2 aromatic carbocycles. The lowest BCUT2D eigenvalue weighted by Crippen LogP contribution is -2.35. The van der Waals surface area contributed by atoms with E-state index >= 15 is 0 Å². The number of sulfonamides is 2. The number of aromatic nitrogens is 1. The minimum atomic E-state index is -4.17. The van der Waals surface area contributed by atoms with E-state index in [2.05, 4.69) is 46.3 Å². The maximum Gasteiger partial charge on any atom is 0.266 e. The van der Waals surface area contributed by atoms with Crippen molar-refractivity contribution in [3.8, 4) is 0 Å². The minimum Gasteiger partial charge on any atom is -0.364 e. The van der Waals surface area contributed by atoms with Gasteiger partial charge in [0.15, 0.2) is 0 Å². The number of benzene rings is 2. The van der Waals surface area contributed by atoms with Crippen molar-refractivity contribution in [3.05, 3.63) is 57.1 Å². The fraction of sp³-hybridized carbons (Fsp3) is 0.118. The normalized spacial score (nSPS) is 12.3. The van der Waals surface area contributed by atoms with Crippen LogP contribution in [0.15, 0.2) is 61.2 Å². The Hall–Kier alpha value is -1.77. The second kappa shape index (κ2) is 8.77. The number of hydrogen-bond acceptors (Lipinski definition) is 5. The number of fused-ring (bicyclic) bond motifs is 1. The molecule has 0 aliphatic rings. The largest absolute Gasteiger partial charge is 0.364 e. The van der Waals surface area contributed by atoms with Crippen LogP contribution in [0, 0.1) is 0 Å². The summed E-state index contributed by atoms with van der Waals surface area (Å²) >= 11 is 6.49. The number of halogens is 2. The molecule has 5 N–H and O–H groups in total. The van der Waals surface area contributed by atoms with E-state index in [1.54, 1.807) is 30.3 Å². The van der Waals surface area contributed by atoms with Crippen molar-refractivity contribution >= 4 is 68.7 Å². The van der Waals surface area contributed by atoms with Gasteiger partial charge in [0.25, 0.3) is 5.91 Å². The molecule has 0 aliphatic carbocycles. The number of aromatic amines is 1. The maximum absolute atomic E-state index is 12.8. The fourth-order valence-electron chi connectivity index (χ4n) is 2.73. The zero-order chi connectivity index (χ0) is 22.1. The minimum absolute atomic E-state index is 0.0473. The van der Waals surface area contributed by atoms with Gasteiger partial charge in [-0.15, -0.1) is 0 Å². The van der Waals surface area contributed by atoms with E-state index in [-0.39, 0.29) is 34.0 Å². The van der Waals surface area contributed by atoms with Crippen LogP contribution in [0.5, 0.6) is 0 Å². The van der Waals surface area contributed by atoms with Crippen molar-refractivity contribution in [2.75, 3.05) is 13.1 Å². The third-order valence-corrected chi connectivity index (χ3v) is 8.11. The lowest BCUT2D eigenvalue weighted by atomic mass is 10.2. The van der Waals surface area contributed by atoms with Crippen molar-refractivity contribution < 1.29 is 21.6 Å². The average molecular weight is 580 g/mol. The Bertz CT molecular complexity index is 1320. The first kappa shape index (κ1) is 22.9. The Kier molecular flexibility index (Phi) is 6.69. The molecule has 0 aliphatic heterocycles. The van der Waals surface area contributed by atoms with Gasteiger partial charge in [0.2, 0.25) is 20.0 Å². The molecule has 0 bridgehead atoms. The first-order chi connectivity index (χ1) is 14.0. The smallest absolute Gasteiger partial charge is 0.266 e. The molecule has 0 atom stereocenters. The van der Waals surface area contributed by atoms with Gasteiger partial charge in [-0.1, -0.05) is 31.9 Å². The van der Waals surface area contributed by atoms with Gasteiger partial charge in [-0.05, 0) is 42.5 Å². The Morgan fingerprint density at radius 2 is 1.47 bits per heavy atom. The molecule has 3 aromatic rings. The van der Waals surface area contributed by atoms with Gasteiger partial charge < -0.3 is 10.7 Å². The van der Waals surface area contributed by atoms with Crippen LogP contribution in [-0.4, -0.2) is 40.8 Å². The number of amides is 1. The van der Waals surface area contributed by atoms with Crippen molar-refractivity contribution in [1.82, 2.24) is 14.4 Å². The summed E-state index contributed by atoms with van der Waals surface area (Å²) in [5.74, 6) is -0.932. The molecule has 0 saturated heterocycles. The standard InChI is InChI=1S/C17H16Br2N4O5S2/c18-10-1-4-12(5-2-10)29(25,26)21-7-8-22-30(27,28)16-13-9-11(19)3-6-14(13)23-15(16)17(20)24/h1-6,9,21-23H,7-8H2,(H2,20,24). The molecule has 13 heteroatoms. The predicted octanol–water partition coefficient (Wildman–Crippen LogP) is 2.05. The van der Waals surface area contributed by atoms with Crippen molar-refractivity contribution in [2.45, 2.75) is 9.79 Å². The highest BCUT2D eigenvalue weighted by atomic mass is 79.9. The van der Waals surface area contributed by atoms with Crippen LogP contribution in [0.25, 0.3) is 10.9 Å². The molecule has 9 nitrogen and oxygen atoms in total. The summed E-state index contributed by atoms with van der Waals surface area (Å²) in [4.78, 5) is 14.2. The number of carbonyl (C=O) groups is 1. The Labute approximate surface area is 189 Å². The van der Waals surface area contributed by atoms with Gasteiger partial charge >= 0.3 is 0 Å². The number of nitrogens with two attached hydrogens (primary N) is 1. The number of rotatable bonds is 8. The third-order valence-electron chi connectivity index (χ3n) is 4.06. The first-order valence-electron chi connectivity index (χ1n) is 8.37. The van der Waals surface area contributed by atoms with Gasteiger partial charge in [0, 0.05) is 32.9 Å². The average Bonchev–Trinajstić information content (AvgIpc) is 3.05. The number of hydrogen-bond donors (Lipinski definition) is 4. The van der Waals surface area contributed by atoms with E-state index in [1.807, 2.05) is 0 Å². The zero-order valence-corrected chi connectivity index (χ0v) is 20.0. The number of H-pyrrole nitrogens is 1. The SMILES string of the molecule is NC(=O)c1[nH]c2ccc(Br)cc2c1S(=O)(=O)NCCNS(=O)(=O)c1ccc(Br)cc1. The number of primary amides is 1.